The Morgan fingerprint density at radius 1 is 0.522 bits per heavy atom. The molecule has 0 heterocycles. The highest BCUT2D eigenvalue weighted by Gasteiger charge is 2.49. The Morgan fingerprint density at radius 2 is 0.957 bits per heavy atom. The summed E-state index contributed by atoms with van der Waals surface area (Å²) in [6.07, 6.45) is 17.4. The summed E-state index contributed by atoms with van der Waals surface area (Å²) in [4.78, 5) is 0. The van der Waals surface area contributed by atoms with Gasteiger partial charge >= 0.3 is 0 Å². The quantitative estimate of drug-likeness (QED) is 0.781. The lowest BCUT2D eigenvalue weighted by Crippen LogP contribution is -2.55. The fraction of sp³-hybridized carbons (Fsp3) is 1.00. The lowest BCUT2D eigenvalue weighted by atomic mass is 9.51. The standard InChI is InChI=1S/C22H35N/c1(21-17-5-13-3-14(7-17)8-18(21)6-13)2-23-22-19-9-15-4-16(11-19)12-20(22)10-15/h13-23H,1-12H2. The largest absolute Gasteiger partial charge is 0.313 e. The van der Waals surface area contributed by atoms with E-state index in [-0.39, 0.29) is 0 Å². The molecule has 0 aromatic rings. The molecule has 0 unspecified atom stereocenters. The van der Waals surface area contributed by atoms with Crippen LogP contribution in [0.1, 0.15) is 70.6 Å². The molecule has 1 heteroatoms. The summed E-state index contributed by atoms with van der Waals surface area (Å²) < 4.78 is 0. The van der Waals surface area contributed by atoms with Gasteiger partial charge in [-0.2, -0.15) is 0 Å². The van der Waals surface area contributed by atoms with Crippen LogP contribution in [0, 0.1) is 53.3 Å². The number of hydrogen-bond donors (Lipinski definition) is 1. The van der Waals surface area contributed by atoms with Crippen LogP contribution >= 0.6 is 0 Å². The van der Waals surface area contributed by atoms with Gasteiger partial charge in [-0.05, 0) is 130 Å². The van der Waals surface area contributed by atoms with E-state index >= 15 is 0 Å². The summed E-state index contributed by atoms with van der Waals surface area (Å²) in [6.45, 7) is 1.35. The zero-order chi connectivity index (χ0) is 15.0. The second kappa shape index (κ2) is 5.23. The fourth-order valence-electron chi connectivity index (χ4n) is 9.18. The van der Waals surface area contributed by atoms with Crippen LogP contribution < -0.4 is 5.32 Å². The van der Waals surface area contributed by atoms with Crippen molar-refractivity contribution in [3.05, 3.63) is 0 Å². The smallest absolute Gasteiger partial charge is 0.0124 e. The molecular weight excluding hydrogens is 278 g/mol. The Balaban J connectivity index is 1.07. The van der Waals surface area contributed by atoms with Gasteiger partial charge in [0.25, 0.3) is 0 Å². The van der Waals surface area contributed by atoms with Crippen molar-refractivity contribution in [2.45, 2.75) is 76.7 Å². The van der Waals surface area contributed by atoms with Crippen LogP contribution in [0.5, 0.6) is 0 Å². The summed E-state index contributed by atoms with van der Waals surface area (Å²) in [5.74, 6) is 10.0. The van der Waals surface area contributed by atoms with Crippen molar-refractivity contribution in [2.75, 3.05) is 6.54 Å². The van der Waals surface area contributed by atoms with Gasteiger partial charge in [0.05, 0.1) is 0 Å². The Kier molecular flexibility index (Phi) is 3.22. The zero-order valence-electron chi connectivity index (χ0n) is 14.8. The SMILES string of the molecule is C(CC1C2CC3CC(C2)CC1C3)NC1C2CC3CC(C2)CC1C3. The third kappa shape index (κ3) is 2.28. The maximum Gasteiger partial charge on any atom is 0.0124 e. The second-order valence-electron chi connectivity index (χ2n) is 10.8. The first-order valence-corrected chi connectivity index (χ1v) is 11.0. The molecule has 0 atom stereocenters. The van der Waals surface area contributed by atoms with E-state index in [1.165, 1.54) is 13.0 Å². The van der Waals surface area contributed by atoms with E-state index in [0.717, 1.165) is 59.3 Å². The molecule has 23 heavy (non-hydrogen) atoms. The molecule has 0 aliphatic heterocycles. The highest BCUT2D eigenvalue weighted by molar-refractivity contribution is 5.02. The molecule has 0 amide bonds. The minimum atomic E-state index is 0.916. The van der Waals surface area contributed by atoms with Crippen LogP contribution in [0.25, 0.3) is 0 Å². The average Bonchev–Trinajstić information content (AvgIpc) is 2.51. The highest BCUT2D eigenvalue weighted by Crippen LogP contribution is 2.57. The van der Waals surface area contributed by atoms with Gasteiger partial charge in [0.2, 0.25) is 0 Å². The predicted octanol–water partition coefficient (Wildman–Crippen LogP) is 4.86. The third-order valence-corrected chi connectivity index (χ3v) is 9.51. The number of nitrogens with one attached hydrogen (secondary N) is 1. The molecule has 1 nitrogen and oxygen atoms in total. The van der Waals surface area contributed by atoms with Crippen LogP contribution in [-0.2, 0) is 0 Å². The Hall–Kier alpha value is -0.0400. The van der Waals surface area contributed by atoms with Crippen LogP contribution in [0.4, 0.5) is 0 Å². The van der Waals surface area contributed by atoms with Gasteiger partial charge in [0.15, 0.2) is 0 Å². The zero-order valence-corrected chi connectivity index (χ0v) is 14.8. The molecular formula is C22H35N. The second-order valence-corrected chi connectivity index (χ2v) is 10.8. The van der Waals surface area contributed by atoms with Gasteiger partial charge in [-0.25, -0.2) is 0 Å². The van der Waals surface area contributed by atoms with Crippen molar-refractivity contribution in [1.82, 2.24) is 5.32 Å². The van der Waals surface area contributed by atoms with E-state index < -0.39 is 0 Å². The van der Waals surface area contributed by atoms with E-state index in [4.69, 9.17) is 0 Å². The van der Waals surface area contributed by atoms with Crippen molar-refractivity contribution in [2.24, 2.45) is 53.3 Å². The first-order chi connectivity index (χ1) is 11.3. The summed E-state index contributed by atoms with van der Waals surface area (Å²) >= 11 is 0. The molecule has 8 aliphatic rings. The van der Waals surface area contributed by atoms with Crippen LogP contribution in [0.3, 0.4) is 0 Å². The molecule has 0 radical (unpaired) electrons. The van der Waals surface area contributed by atoms with Crippen molar-refractivity contribution < 1.29 is 0 Å². The lowest BCUT2D eigenvalue weighted by molar-refractivity contribution is -0.0431. The minimum Gasteiger partial charge on any atom is -0.313 e. The van der Waals surface area contributed by atoms with E-state index in [9.17, 15) is 0 Å². The molecule has 1 N–H and O–H groups in total. The predicted molar refractivity (Wildman–Crippen MR) is 94.0 cm³/mol. The Labute approximate surface area is 142 Å². The number of rotatable bonds is 4. The average molecular weight is 314 g/mol. The van der Waals surface area contributed by atoms with Gasteiger partial charge < -0.3 is 5.32 Å². The lowest BCUT2D eigenvalue weighted by Gasteiger charge is -2.56. The number of hydrogen-bond acceptors (Lipinski definition) is 1. The van der Waals surface area contributed by atoms with Crippen LogP contribution in [-0.4, -0.2) is 12.6 Å². The molecule has 0 saturated heterocycles. The fourth-order valence-corrected chi connectivity index (χ4v) is 9.18. The van der Waals surface area contributed by atoms with Crippen LogP contribution in [0.2, 0.25) is 0 Å². The molecule has 8 fully saturated rings. The van der Waals surface area contributed by atoms with Crippen molar-refractivity contribution in [3.63, 3.8) is 0 Å². The summed E-state index contributed by atoms with van der Waals surface area (Å²) in [5, 5.41) is 4.12. The van der Waals surface area contributed by atoms with E-state index in [2.05, 4.69) is 5.32 Å². The first kappa shape index (κ1) is 14.2. The highest BCUT2D eigenvalue weighted by atomic mass is 14.9. The summed E-state index contributed by atoms with van der Waals surface area (Å²) in [7, 11) is 0. The molecule has 8 saturated carbocycles. The Morgan fingerprint density at radius 3 is 1.43 bits per heavy atom. The molecule has 8 rings (SSSR count). The molecule has 0 spiro atoms. The molecule has 128 valence electrons. The topological polar surface area (TPSA) is 12.0 Å². The summed E-state index contributed by atoms with van der Waals surface area (Å²) in [6, 6.07) is 0.916. The van der Waals surface area contributed by atoms with Gasteiger partial charge in [-0.1, -0.05) is 0 Å². The van der Waals surface area contributed by atoms with Gasteiger partial charge in [0.1, 0.15) is 0 Å². The van der Waals surface area contributed by atoms with E-state index in [1.807, 2.05) is 0 Å². The molecule has 8 aliphatic carbocycles. The minimum absolute atomic E-state index is 0.916. The van der Waals surface area contributed by atoms with Gasteiger partial charge in [-0.3, -0.25) is 0 Å². The third-order valence-electron chi connectivity index (χ3n) is 9.51. The maximum absolute atomic E-state index is 4.12. The van der Waals surface area contributed by atoms with Crippen LogP contribution in [0.15, 0.2) is 0 Å². The molecule has 0 aromatic heterocycles. The summed E-state index contributed by atoms with van der Waals surface area (Å²) in [5.41, 5.74) is 0. The molecule has 8 bridgehead atoms. The van der Waals surface area contributed by atoms with E-state index in [1.54, 1.807) is 64.2 Å². The van der Waals surface area contributed by atoms with Crippen molar-refractivity contribution in [3.8, 4) is 0 Å². The van der Waals surface area contributed by atoms with Gasteiger partial charge in [-0.15, -0.1) is 0 Å². The normalized spacial score (nSPS) is 59.0. The Bertz CT molecular complexity index is 371. The van der Waals surface area contributed by atoms with Gasteiger partial charge in [0, 0.05) is 6.04 Å². The maximum atomic E-state index is 4.12. The van der Waals surface area contributed by atoms with E-state index in [0.29, 0.717) is 0 Å². The van der Waals surface area contributed by atoms with Crippen molar-refractivity contribution >= 4 is 0 Å². The molecule has 0 aromatic carbocycles. The van der Waals surface area contributed by atoms with Crippen molar-refractivity contribution in [1.29, 1.82) is 0 Å². The monoisotopic (exact) mass is 313 g/mol. The first-order valence-electron chi connectivity index (χ1n) is 11.0.